The smallest absolute Gasteiger partial charge is 0.317 e. The van der Waals surface area contributed by atoms with Gasteiger partial charge in [-0.15, -0.1) is 0 Å². The number of ether oxygens (including phenoxy) is 2. The number of carbonyl (C=O) groups is 2. The highest BCUT2D eigenvalue weighted by Crippen LogP contribution is 2.20. The van der Waals surface area contributed by atoms with Crippen LogP contribution in [0.25, 0.3) is 0 Å². The van der Waals surface area contributed by atoms with Gasteiger partial charge >= 0.3 is 12.0 Å². The molecule has 0 bridgehead atoms. The zero-order valence-corrected chi connectivity index (χ0v) is 11.4. The number of carboxylic acids is 1. The fourth-order valence-corrected chi connectivity index (χ4v) is 2.09. The van der Waals surface area contributed by atoms with Gasteiger partial charge in [-0.2, -0.15) is 0 Å². The van der Waals surface area contributed by atoms with Gasteiger partial charge in [-0.25, -0.2) is 4.79 Å². The summed E-state index contributed by atoms with van der Waals surface area (Å²) in [5.41, 5.74) is 0. The Bertz CT molecular complexity index is 310. The van der Waals surface area contributed by atoms with Crippen molar-refractivity contribution in [1.29, 1.82) is 0 Å². The minimum absolute atomic E-state index is 0.155. The van der Waals surface area contributed by atoms with Crippen LogP contribution in [0.1, 0.15) is 13.8 Å². The van der Waals surface area contributed by atoms with Crippen LogP contribution >= 0.6 is 0 Å². The molecule has 0 radical (unpaired) electrons. The lowest BCUT2D eigenvalue weighted by molar-refractivity contribution is -0.142. The molecular weight excluding hydrogens is 252 g/mol. The lowest BCUT2D eigenvalue weighted by Gasteiger charge is -2.29. The predicted octanol–water partition coefficient (Wildman–Crippen LogP) is 0.154. The van der Waals surface area contributed by atoms with Gasteiger partial charge in [0.1, 0.15) is 5.92 Å². The van der Waals surface area contributed by atoms with Crippen LogP contribution in [0.2, 0.25) is 0 Å². The van der Waals surface area contributed by atoms with E-state index in [1.54, 1.807) is 0 Å². The van der Waals surface area contributed by atoms with Crippen molar-refractivity contribution < 1.29 is 24.2 Å². The van der Waals surface area contributed by atoms with E-state index in [9.17, 15) is 9.59 Å². The largest absolute Gasteiger partial charge is 0.481 e. The molecule has 19 heavy (non-hydrogen) atoms. The third-order valence-electron chi connectivity index (χ3n) is 3.10. The minimum atomic E-state index is -0.928. The maximum absolute atomic E-state index is 12.0. The van der Waals surface area contributed by atoms with Gasteiger partial charge in [-0.1, -0.05) is 0 Å². The molecule has 2 amide bonds. The number of carboxylic acid groups (broad SMARTS) is 1. The predicted molar refractivity (Wildman–Crippen MR) is 68.0 cm³/mol. The number of hydrogen-bond donors (Lipinski definition) is 2. The molecule has 7 heteroatoms. The fourth-order valence-electron chi connectivity index (χ4n) is 2.09. The molecule has 1 saturated heterocycles. The number of nitrogens with zero attached hydrogens (tertiary/aromatic N) is 1. The number of carbonyl (C=O) groups excluding carboxylic acids is 1. The summed E-state index contributed by atoms with van der Waals surface area (Å²) in [6.07, 6.45) is 0. The maximum atomic E-state index is 12.0. The van der Waals surface area contributed by atoms with E-state index in [4.69, 9.17) is 14.6 Å². The van der Waals surface area contributed by atoms with Crippen molar-refractivity contribution in [3.8, 4) is 0 Å². The fraction of sp³-hybridized carbons (Fsp3) is 0.833. The summed E-state index contributed by atoms with van der Waals surface area (Å²) < 4.78 is 10.3. The third kappa shape index (κ3) is 4.36. The molecule has 2 atom stereocenters. The Balaban J connectivity index is 2.51. The van der Waals surface area contributed by atoms with E-state index in [1.807, 2.05) is 13.8 Å². The van der Waals surface area contributed by atoms with E-state index < -0.39 is 17.9 Å². The topological polar surface area (TPSA) is 88.1 Å². The molecule has 2 unspecified atom stereocenters. The summed E-state index contributed by atoms with van der Waals surface area (Å²) in [4.78, 5) is 24.6. The Morgan fingerprint density at radius 1 is 1.42 bits per heavy atom. The number of hydrogen-bond acceptors (Lipinski definition) is 4. The first-order chi connectivity index (χ1) is 9.11. The first-order valence-electron chi connectivity index (χ1n) is 6.54. The average molecular weight is 274 g/mol. The second-order valence-electron chi connectivity index (χ2n) is 4.26. The third-order valence-corrected chi connectivity index (χ3v) is 3.10. The number of rotatable bonds is 7. The zero-order valence-electron chi connectivity index (χ0n) is 11.4. The molecular formula is C12H22N2O5. The molecule has 1 aliphatic rings. The van der Waals surface area contributed by atoms with Crippen molar-refractivity contribution in [3.05, 3.63) is 0 Å². The molecule has 0 aromatic carbocycles. The molecule has 1 rings (SSSR count). The van der Waals surface area contributed by atoms with Crippen molar-refractivity contribution in [2.75, 3.05) is 39.5 Å². The summed E-state index contributed by atoms with van der Waals surface area (Å²) in [7, 11) is 0. The molecule has 2 N–H and O–H groups in total. The van der Waals surface area contributed by atoms with Crippen molar-refractivity contribution in [2.45, 2.75) is 19.9 Å². The highest BCUT2D eigenvalue weighted by molar-refractivity contribution is 5.77. The van der Waals surface area contributed by atoms with E-state index in [0.717, 1.165) is 0 Å². The average Bonchev–Trinajstić information content (AvgIpc) is 2.85. The number of urea groups is 1. The Kier molecular flexibility index (Phi) is 6.58. The molecule has 0 aromatic heterocycles. The van der Waals surface area contributed by atoms with E-state index in [1.165, 1.54) is 4.90 Å². The van der Waals surface area contributed by atoms with E-state index in [-0.39, 0.29) is 19.2 Å². The van der Waals surface area contributed by atoms with E-state index in [0.29, 0.717) is 26.3 Å². The van der Waals surface area contributed by atoms with Gasteiger partial charge in [0, 0.05) is 19.7 Å². The van der Waals surface area contributed by atoms with Crippen LogP contribution in [-0.4, -0.2) is 67.6 Å². The van der Waals surface area contributed by atoms with Crippen LogP contribution in [0.3, 0.4) is 0 Å². The van der Waals surface area contributed by atoms with Crippen LogP contribution in [-0.2, 0) is 14.3 Å². The SMILES string of the molecule is CCOCCNC(=O)N(CC)C1COCC1C(=O)O. The summed E-state index contributed by atoms with van der Waals surface area (Å²) >= 11 is 0. The zero-order chi connectivity index (χ0) is 14.3. The Hall–Kier alpha value is -1.34. The molecule has 1 aliphatic heterocycles. The lowest BCUT2D eigenvalue weighted by atomic mass is 10.0. The highest BCUT2D eigenvalue weighted by Gasteiger charge is 2.39. The number of likely N-dealkylation sites (N-methyl/N-ethyl adjacent to an activating group) is 1. The van der Waals surface area contributed by atoms with Gasteiger partial charge in [-0.3, -0.25) is 4.79 Å². The van der Waals surface area contributed by atoms with Crippen molar-refractivity contribution >= 4 is 12.0 Å². The molecule has 1 heterocycles. The number of aliphatic carboxylic acids is 1. The second kappa shape index (κ2) is 7.96. The van der Waals surface area contributed by atoms with Gasteiger partial charge in [0.15, 0.2) is 0 Å². The first kappa shape index (κ1) is 15.7. The summed E-state index contributed by atoms with van der Waals surface area (Å²) in [5.74, 6) is -1.58. The van der Waals surface area contributed by atoms with Crippen LogP contribution < -0.4 is 5.32 Å². The van der Waals surface area contributed by atoms with Crippen LogP contribution in [0, 0.1) is 5.92 Å². The maximum Gasteiger partial charge on any atom is 0.317 e. The number of amides is 2. The molecule has 7 nitrogen and oxygen atoms in total. The quantitative estimate of drug-likeness (QED) is 0.645. The normalized spacial score (nSPS) is 22.2. The minimum Gasteiger partial charge on any atom is -0.481 e. The summed E-state index contributed by atoms with van der Waals surface area (Å²) in [6.45, 7) is 6.03. The Morgan fingerprint density at radius 3 is 2.74 bits per heavy atom. The van der Waals surface area contributed by atoms with Crippen molar-refractivity contribution in [2.24, 2.45) is 5.92 Å². The molecule has 0 saturated carbocycles. The first-order valence-corrected chi connectivity index (χ1v) is 6.54. The second-order valence-corrected chi connectivity index (χ2v) is 4.26. The highest BCUT2D eigenvalue weighted by atomic mass is 16.5. The van der Waals surface area contributed by atoms with Crippen LogP contribution in [0.4, 0.5) is 4.79 Å². The van der Waals surface area contributed by atoms with Crippen molar-refractivity contribution in [1.82, 2.24) is 10.2 Å². The van der Waals surface area contributed by atoms with Gasteiger partial charge in [-0.05, 0) is 13.8 Å². The Labute approximate surface area is 112 Å². The molecule has 1 fully saturated rings. The monoisotopic (exact) mass is 274 g/mol. The lowest BCUT2D eigenvalue weighted by Crippen LogP contribution is -2.51. The van der Waals surface area contributed by atoms with Gasteiger partial charge in [0.2, 0.25) is 0 Å². The van der Waals surface area contributed by atoms with E-state index >= 15 is 0 Å². The standard InChI is InChI=1S/C12H22N2O5/c1-3-14(12(17)13-5-6-18-4-2)10-8-19-7-9(10)11(15)16/h9-10H,3-8H2,1-2H3,(H,13,17)(H,15,16). The van der Waals surface area contributed by atoms with E-state index in [2.05, 4.69) is 5.32 Å². The molecule has 0 spiro atoms. The van der Waals surface area contributed by atoms with Gasteiger partial charge in [0.05, 0.1) is 25.9 Å². The summed E-state index contributed by atoms with van der Waals surface area (Å²) in [6, 6.07) is -0.682. The van der Waals surface area contributed by atoms with Crippen molar-refractivity contribution in [3.63, 3.8) is 0 Å². The molecule has 0 aromatic rings. The molecule has 110 valence electrons. The molecule has 0 aliphatic carbocycles. The van der Waals surface area contributed by atoms with Crippen LogP contribution in [0.15, 0.2) is 0 Å². The van der Waals surface area contributed by atoms with Crippen LogP contribution in [0.5, 0.6) is 0 Å². The number of nitrogens with one attached hydrogen (secondary N) is 1. The van der Waals surface area contributed by atoms with Gasteiger partial charge in [0.25, 0.3) is 0 Å². The van der Waals surface area contributed by atoms with Gasteiger partial charge < -0.3 is 24.8 Å². The summed E-state index contributed by atoms with van der Waals surface area (Å²) in [5, 5.41) is 11.8. The Morgan fingerprint density at radius 2 is 2.16 bits per heavy atom.